The van der Waals surface area contributed by atoms with E-state index in [1.807, 2.05) is 0 Å². The average Bonchev–Trinajstić information content (AvgIpc) is 2.85. The molecule has 1 saturated heterocycles. The van der Waals surface area contributed by atoms with Crippen LogP contribution in [0.5, 0.6) is 0 Å². The predicted octanol–water partition coefficient (Wildman–Crippen LogP) is 2.88. The molecule has 2 aliphatic rings. The van der Waals surface area contributed by atoms with Crippen molar-refractivity contribution in [2.45, 2.75) is 55.7 Å². The van der Waals surface area contributed by atoms with E-state index in [0.717, 1.165) is 25.7 Å². The van der Waals surface area contributed by atoms with Gasteiger partial charge in [0.1, 0.15) is 0 Å². The minimum atomic E-state index is -2.80. The third-order valence-electron chi connectivity index (χ3n) is 5.10. The smallest absolute Gasteiger partial charge is 0.154 e. The Morgan fingerprint density at radius 3 is 2.33 bits per heavy atom. The van der Waals surface area contributed by atoms with Crippen LogP contribution in [-0.2, 0) is 9.84 Å². The fourth-order valence-electron chi connectivity index (χ4n) is 3.74. The zero-order valence-corrected chi connectivity index (χ0v) is 13.3. The van der Waals surface area contributed by atoms with E-state index >= 15 is 0 Å². The maximum Gasteiger partial charge on any atom is 0.154 e. The van der Waals surface area contributed by atoms with Crippen LogP contribution in [0, 0.1) is 0 Å². The Balaban J connectivity index is 1.46. The van der Waals surface area contributed by atoms with Crippen LogP contribution < -0.4 is 5.32 Å². The van der Waals surface area contributed by atoms with Gasteiger partial charge in [-0.2, -0.15) is 0 Å². The third kappa shape index (κ3) is 3.67. The SMILES string of the molecule is O=S1(=O)CCCC1CNC1CCC(c2ccccc2)CC1. The summed E-state index contributed by atoms with van der Waals surface area (Å²) in [6.45, 7) is 0.656. The molecule has 1 aromatic carbocycles. The fraction of sp³-hybridized carbons (Fsp3) is 0.647. The van der Waals surface area contributed by atoms with Gasteiger partial charge in [0.25, 0.3) is 0 Å². The molecule has 1 aromatic rings. The van der Waals surface area contributed by atoms with Crippen LogP contribution in [0.25, 0.3) is 0 Å². The van der Waals surface area contributed by atoms with Crippen molar-refractivity contribution in [1.29, 1.82) is 0 Å². The number of hydrogen-bond acceptors (Lipinski definition) is 3. The first-order valence-electron chi connectivity index (χ1n) is 8.15. The van der Waals surface area contributed by atoms with Crippen LogP contribution >= 0.6 is 0 Å². The van der Waals surface area contributed by atoms with Crippen molar-refractivity contribution in [2.75, 3.05) is 12.3 Å². The quantitative estimate of drug-likeness (QED) is 0.930. The number of nitrogens with one attached hydrogen (secondary N) is 1. The van der Waals surface area contributed by atoms with Gasteiger partial charge in [-0.15, -0.1) is 0 Å². The summed E-state index contributed by atoms with van der Waals surface area (Å²) in [5, 5.41) is 3.38. The molecule has 0 spiro atoms. The van der Waals surface area contributed by atoms with E-state index in [-0.39, 0.29) is 5.25 Å². The molecule has 3 nitrogen and oxygen atoms in total. The summed E-state index contributed by atoms with van der Waals surface area (Å²) in [7, 11) is -2.80. The second kappa shape index (κ2) is 6.49. The molecule has 116 valence electrons. The van der Waals surface area contributed by atoms with Crippen molar-refractivity contribution in [3.8, 4) is 0 Å². The van der Waals surface area contributed by atoms with Gasteiger partial charge < -0.3 is 5.32 Å². The van der Waals surface area contributed by atoms with Crippen molar-refractivity contribution in [2.24, 2.45) is 0 Å². The summed E-state index contributed by atoms with van der Waals surface area (Å²) in [5.41, 5.74) is 1.45. The highest BCUT2D eigenvalue weighted by atomic mass is 32.2. The van der Waals surface area contributed by atoms with Crippen LogP contribution in [0.15, 0.2) is 30.3 Å². The number of sulfone groups is 1. The molecule has 3 rings (SSSR count). The van der Waals surface area contributed by atoms with Crippen molar-refractivity contribution < 1.29 is 8.42 Å². The lowest BCUT2D eigenvalue weighted by molar-refractivity contribution is 0.342. The van der Waals surface area contributed by atoms with Gasteiger partial charge in [0.05, 0.1) is 11.0 Å². The van der Waals surface area contributed by atoms with Gasteiger partial charge in [0, 0.05) is 12.6 Å². The number of hydrogen-bond donors (Lipinski definition) is 1. The molecule has 1 N–H and O–H groups in total. The molecule has 4 heteroatoms. The highest BCUT2D eigenvalue weighted by molar-refractivity contribution is 7.92. The first-order chi connectivity index (χ1) is 10.1. The van der Waals surface area contributed by atoms with Crippen LogP contribution in [0.3, 0.4) is 0 Å². The molecule has 1 saturated carbocycles. The largest absolute Gasteiger partial charge is 0.313 e. The van der Waals surface area contributed by atoms with Gasteiger partial charge in [-0.1, -0.05) is 30.3 Å². The van der Waals surface area contributed by atoms with Gasteiger partial charge in [-0.25, -0.2) is 8.42 Å². The molecule has 1 heterocycles. The Bertz CT molecular complexity index is 547. The van der Waals surface area contributed by atoms with Crippen molar-refractivity contribution in [3.63, 3.8) is 0 Å². The van der Waals surface area contributed by atoms with E-state index < -0.39 is 9.84 Å². The monoisotopic (exact) mass is 307 g/mol. The summed E-state index contributed by atoms with van der Waals surface area (Å²) in [6, 6.07) is 11.3. The zero-order valence-electron chi connectivity index (χ0n) is 12.5. The van der Waals surface area contributed by atoms with Crippen LogP contribution in [-0.4, -0.2) is 32.0 Å². The van der Waals surface area contributed by atoms with E-state index in [2.05, 4.69) is 35.6 Å². The summed E-state index contributed by atoms with van der Waals surface area (Å²) >= 11 is 0. The molecule has 1 unspecified atom stereocenters. The summed E-state index contributed by atoms with van der Waals surface area (Å²) in [5.74, 6) is 1.07. The van der Waals surface area contributed by atoms with E-state index in [1.54, 1.807) is 0 Å². The maximum absolute atomic E-state index is 11.8. The summed E-state index contributed by atoms with van der Waals surface area (Å²) < 4.78 is 23.7. The Kier molecular flexibility index (Phi) is 4.65. The normalized spacial score (nSPS) is 32.1. The Morgan fingerprint density at radius 1 is 1.00 bits per heavy atom. The minimum absolute atomic E-state index is 0.135. The van der Waals surface area contributed by atoms with Gasteiger partial charge in [0.2, 0.25) is 0 Å². The highest BCUT2D eigenvalue weighted by Crippen LogP contribution is 2.32. The van der Waals surface area contributed by atoms with Gasteiger partial charge in [-0.3, -0.25) is 0 Å². The highest BCUT2D eigenvalue weighted by Gasteiger charge is 2.32. The molecular weight excluding hydrogens is 282 g/mol. The molecule has 1 aliphatic carbocycles. The zero-order chi connectivity index (χ0) is 14.7. The second-order valence-electron chi connectivity index (χ2n) is 6.50. The average molecular weight is 307 g/mol. The molecule has 0 aromatic heterocycles. The lowest BCUT2D eigenvalue weighted by Crippen LogP contribution is -2.39. The molecule has 1 aliphatic heterocycles. The summed E-state index contributed by atoms with van der Waals surface area (Å²) in [6.07, 6.45) is 6.42. The van der Waals surface area contributed by atoms with E-state index in [1.165, 1.54) is 18.4 Å². The molecule has 0 amide bonds. The first-order valence-corrected chi connectivity index (χ1v) is 9.86. The van der Waals surface area contributed by atoms with Gasteiger partial charge in [0.15, 0.2) is 9.84 Å². The standard InChI is InChI=1S/C17H25NO2S/c19-21(20)12-4-7-17(21)13-18-16-10-8-15(9-11-16)14-5-2-1-3-6-14/h1-3,5-6,15-18H,4,7-13H2. The van der Waals surface area contributed by atoms with Crippen LogP contribution in [0.2, 0.25) is 0 Å². The molecule has 1 atom stereocenters. The Hall–Kier alpha value is -0.870. The minimum Gasteiger partial charge on any atom is -0.313 e. The fourth-order valence-corrected chi connectivity index (χ4v) is 5.52. The molecule has 2 fully saturated rings. The molecule has 0 radical (unpaired) electrons. The Morgan fingerprint density at radius 2 is 1.71 bits per heavy atom. The van der Waals surface area contributed by atoms with Crippen molar-refractivity contribution in [3.05, 3.63) is 35.9 Å². The predicted molar refractivity (Wildman–Crippen MR) is 86.3 cm³/mol. The first kappa shape index (κ1) is 15.0. The lowest BCUT2D eigenvalue weighted by Gasteiger charge is -2.30. The van der Waals surface area contributed by atoms with E-state index in [9.17, 15) is 8.42 Å². The van der Waals surface area contributed by atoms with Crippen LogP contribution in [0.1, 0.15) is 50.0 Å². The molecular formula is C17H25NO2S. The number of rotatable bonds is 4. The summed E-state index contributed by atoms with van der Waals surface area (Å²) in [4.78, 5) is 0. The van der Waals surface area contributed by atoms with E-state index in [0.29, 0.717) is 24.3 Å². The Labute approximate surface area is 128 Å². The lowest BCUT2D eigenvalue weighted by atomic mass is 9.82. The van der Waals surface area contributed by atoms with Crippen molar-refractivity contribution in [1.82, 2.24) is 5.32 Å². The second-order valence-corrected chi connectivity index (χ2v) is 8.90. The van der Waals surface area contributed by atoms with Gasteiger partial charge in [-0.05, 0) is 50.0 Å². The van der Waals surface area contributed by atoms with E-state index in [4.69, 9.17) is 0 Å². The van der Waals surface area contributed by atoms with Crippen molar-refractivity contribution >= 4 is 9.84 Å². The maximum atomic E-state index is 11.8. The van der Waals surface area contributed by atoms with Gasteiger partial charge >= 0.3 is 0 Å². The topological polar surface area (TPSA) is 46.2 Å². The molecule has 0 bridgehead atoms. The molecule has 21 heavy (non-hydrogen) atoms. The van der Waals surface area contributed by atoms with Crippen LogP contribution in [0.4, 0.5) is 0 Å². The number of benzene rings is 1. The third-order valence-corrected chi connectivity index (χ3v) is 7.37.